The Balaban J connectivity index is 1.51. The summed E-state index contributed by atoms with van der Waals surface area (Å²) in [6, 6.07) is 5.91. The summed E-state index contributed by atoms with van der Waals surface area (Å²) in [4.78, 5) is 4.14. The zero-order valence-electron chi connectivity index (χ0n) is 24.2. The van der Waals surface area contributed by atoms with E-state index >= 15 is 8.78 Å². The smallest absolute Gasteiger partial charge is 0.261 e. The van der Waals surface area contributed by atoms with Crippen LogP contribution in [0.25, 0.3) is 22.2 Å². The van der Waals surface area contributed by atoms with E-state index in [-0.39, 0.29) is 33.9 Å². The van der Waals surface area contributed by atoms with E-state index in [0.717, 1.165) is 79.7 Å². The van der Waals surface area contributed by atoms with E-state index in [0.29, 0.717) is 18.0 Å². The van der Waals surface area contributed by atoms with E-state index < -0.39 is 33.2 Å². The first-order valence-electron chi connectivity index (χ1n) is 14.2. The largest absolute Gasteiger partial charge is 0.383 e. The fraction of sp³-hybridized carbons (Fsp3) is 0.400. The Morgan fingerprint density at radius 2 is 1.77 bits per heavy atom. The van der Waals surface area contributed by atoms with E-state index in [2.05, 4.69) is 10.3 Å². The summed E-state index contributed by atoms with van der Waals surface area (Å²) in [7, 11) is -2.63. The molecule has 5 rings (SSSR count). The minimum Gasteiger partial charge on any atom is -0.383 e. The topological polar surface area (TPSA) is 124 Å². The first kappa shape index (κ1) is 30.8. The molecule has 1 aliphatic rings. The molecule has 2 heterocycles. The van der Waals surface area contributed by atoms with Gasteiger partial charge in [0.25, 0.3) is 10.0 Å². The van der Waals surface area contributed by atoms with E-state index in [1.807, 2.05) is 18.6 Å². The zero-order chi connectivity index (χ0) is 30.9. The van der Waals surface area contributed by atoms with Crippen LogP contribution in [0.3, 0.4) is 0 Å². The third kappa shape index (κ3) is 6.34. The molecule has 0 unspecified atom stereocenters. The lowest BCUT2D eigenvalue weighted by molar-refractivity contribution is 0.191. The molecule has 0 spiro atoms. The molecule has 0 amide bonds. The van der Waals surface area contributed by atoms with Gasteiger partial charge in [0.1, 0.15) is 29.0 Å². The van der Waals surface area contributed by atoms with Crippen molar-refractivity contribution in [3.05, 3.63) is 65.6 Å². The summed E-state index contributed by atoms with van der Waals surface area (Å²) < 4.78 is 78.7. The lowest BCUT2D eigenvalue weighted by atomic mass is 9.81. The second-order valence-electron chi connectivity index (χ2n) is 11.1. The lowest BCUT2D eigenvalue weighted by Gasteiger charge is -2.30. The average Bonchev–Trinajstić information content (AvgIpc) is 3.37. The van der Waals surface area contributed by atoms with Crippen LogP contribution in [0.1, 0.15) is 57.1 Å². The molecule has 2 aromatic carbocycles. The minimum absolute atomic E-state index is 0.120. The molecular formula is C30H35F3N6O3S. The first-order valence-corrected chi connectivity index (χ1v) is 15.6. The molecule has 9 nitrogen and oxygen atoms in total. The van der Waals surface area contributed by atoms with Gasteiger partial charge in [-0.25, -0.2) is 26.6 Å². The van der Waals surface area contributed by atoms with Gasteiger partial charge >= 0.3 is 0 Å². The number of sulfonamides is 1. The first-order chi connectivity index (χ1) is 20.5. The van der Waals surface area contributed by atoms with Gasteiger partial charge in [0.05, 0.1) is 28.1 Å². The number of nitrogens with zero attached hydrogens (tertiary/aromatic N) is 3. The number of methoxy groups -OCH3 is 1. The Kier molecular flexibility index (Phi) is 8.95. The highest BCUT2D eigenvalue weighted by atomic mass is 32.2. The number of pyridine rings is 1. The van der Waals surface area contributed by atoms with Crippen LogP contribution in [-0.2, 0) is 14.8 Å². The van der Waals surface area contributed by atoms with E-state index in [1.54, 1.807) is 18.0 Å². The lowest BCUT2D eigenvalue weighted by Crippen LogP contribution is -2.34. The van der Waals surface area contributed by atoms with E-state index in [1.165, 1.54) is 0 Å². The quantitative estimate of drug-likeness (QED) is 0.194. The number of fused-ring (bicyclic) bond motifs is 1. The molecule has 0 radical (unpaired) electrons. The number of nitrogens with two attached hydrogens (primary N) is 1. The van der Waals surface area contributed by atoms with Crippen LogP contribution >= 0.6 is 0 Å². The molecule has 1 aliphatic carbocycles. The number of nitrogen functional groups attached to an aromatic ring is 1. The van der Waals surface area contributed by atoms with Crippen molar-refractivity contribution in [3.63, 3.8) is 0 Å². The van der Waals surface area contributed by atoms with Crippen LogP contribution in [0.5, 0.6) is 0 Å². The number of nitrogens with one attached hydrogen (secondary N) is 2. The van der Waals surface area contributed by atoms with Crippen molar-refractivity contribution < 1.29 is 26.3 Å². The van der Waals surface area contributed by atoms with Gasteiger partial charge in [-0.2, -0.15) is 5.10 Å². The van der Waals surface area contributed by atoms with Crippen molar-refractivity contribution in [3.8, 4) is 11.3 Å². The maximum atomic E-state index is 15.7. The summed E-state index contributed by atoms with van der Waals surface area (Å²) in [6.07, 6.45) is 5.53. The highest BCUT2D eigenvalue weighted by Crippen LogP contribution is 2.42. The molecule has 4 aromatic rings. The average molecular weight is 617 g/mol. The Morgan fingerprint density at radius 3 is 2.42 bits per heavy atom. The number of benzene rings is 2. The molecule has 1 fully saturated rings. The fourth-order valence-electron chi connectivity index (χ4n) is 5.68. The van der Waals surface area contributed by atoms with Crippen molar-refractivity contribution in [2.24, 2.45) is 0 Å². The summed E-state index contributed by atoms with van der Waals surface area (Å²) in [6.45, 7) is 5.32. The Morgan fingerprint density at radius 1 is 1.07 bits per heavy atom. The van der Waals surface area contributed by atoms with Crippen molar-refractivity contribution >= 4 is 32.4 Å². The van der Waals surface area contributed by atoms with Crippen LogP contribution in [0.2, 0.25) is 0 Å². The van der Waals surface area contributed by atoms with Gasteiger partial charge in [0.2, 0.25) is 0 Å². The molecular weight excluding hydrogens is 581 g/mol. The normalized spacial score (nSPS) is 17.6. The summed E-state index contributed by atoms with van der Waals surface area (Å²) >= 11 is 0. The van der Waals surface area contributed by atoms with Crippen LogP contribution < -0.4 is 15.8 Å². The van der Waals surface area contributed by atoms with Crippen LogP contribution in [0, 0.1) is 17.5 Å². The summed E-state index contributed by atoms with van der Waals surface area (Å²) in [5.41, 5.74) is 7.38. The predicted octanol–water partition coefficient (Wildman–Crippen LogP) is 5.74. The molecule has 0 saturated heterocycles. The number of ether oxygens (including phenoxy) is 1. The van der Waals surface area contributed by atoms with E-state index in [9.17, 15) is 12.8 Å². The van der Waals surface area contributed by atoms with Gasteiger partial charge < -0.3 is 15.8 Å². The highest BCUT2D eigenvalue weighted by molar-refractivity contribution is 7.92. The second-order valence-corrected chi connectivity index (χ2v) is 12.8. The van der Waals surface area contributed by atoms with Crippen LogP contribution in [-0.4, -0.2) is 49.5 Å². The van der Waals surface area contributed by atoms with Crippen molar-refractivity contribution in [2.45, 2.75) is 62.4 Å². The molecule has 0 aliphatic heterocycles. The van der Waals surface area contributed by atoms with Crippen molar-refractivity contribution in [1.82, 2.24) is 20.1 Å². The third-order valence-electron chi connectivity index (χ3n) is 7.86. The monoisotopic (exact) mass is 616 g/mol. The Bertz CT molecular complexity index is 1720. The molecule has 13 heteroatoms. The maximum Gasteiger partial charge on any atom is 0.261 e. The predicted molar refractivity (Wildman–Crippen MR) is 160 cm³/mol. The Labute approximate surface area is 248 Å². The van der Waals surface area contributed by atoms with Gasteiger partial charge in [-0.05, 0) is 81.3 Å². The SMILES string of the molecule is COCCNC1CCC(c2cnc(N)c3c(-c4cc(F)c(NS(=O)(=O)c5ccc(F)cc5)cc4F)nn(C(C)C)c23)CC1. The number of aromatic nitrogens is 3. The van der Waals surface area contributed by atoms with Crippen molar-refractivity contribution in [2.75, 3.05) is 30.7 Å². The maximum absolute atomic E-state index is 15.7. The number of halogens is 3. The molecule has 43 heavy (non-hydrogen) atoms. The molecule has 1 saturated carbocycles. The van der Waals surface area contributed by atoms with Crippen LogP contribution in [0.4, 0.5) is 24.7 Å². The molecule has 0 atom stereocenters. The number of anilines is 2. The minimum atomic E-state index is -4.31. The van der Waals surface area contributed by atoms with Gasteiger partial charge in [0.15, 0.2) is 0 Å². The number of hydrogen-bond donors (Lipinski definition) is 3. The standard InChI is InChI=1S/C30H35F3N6O3S/c1-17(2)39-29-23(18-4-8-20(9-5-18)35-12-13-42-3)16-36-30(34)27(29)28(37-39)22-14-25(33)26(15-24(22)32)38-43(40,41)21-10-6-19(31)7-11-21/h6-7,10-11,14-18,20,35,38H,4-5,8-9,12-13H2,1-3H3,(H2,34,36). The second kappa shape index (κ2) is 12.5. The Hall–Kier alpha value is -3.68. The number of rotatable bonds is 10. The molecule has 0 bridgehead atoms. The fourth-order valence-corrected chi connectivity index (χ4v) is 6.74. The molecule has 2 aromatic heterocycles. The van der Waals surface area contributed by atoms with Gasteiger partial charge in [-0.3, -0.25) is 9.40 Å². The zero-order valence-corrected chi connectivity index (χ0v) is 25.0. The number of hydrogen-bond acceptors (Lipinski definition) is 7. The third-order valence-corrected chi connectivity index (χ3v) is 9.24. The van der Waals surface area contributed by atoms with Gasteiger partial charge in [0, 0.05) is 43.6 Å². The molecule has 230 valence electrons. The van der Waals surface area contributed by atoms with Gasteiger partial charge in [-0.15, -0.1) is 0 Å². The summed E-state index contributed by atoms with van der Waals surface area (Å²) in [5, 5.41) is 8.64. The summed E-state index contributed by atoms with van der Waals surface area (Å²) in [5.74, 6) is -2.23. The van der Waals surface area contributed by atoms with E-state index in [4.69, 9.17) is 15.6 Å². The molecule has 4 N–H and O–H groups in total. The van der Waals surface area contributed by atoms with Crippen LogP contribution in [0.15, 0.2) is 47.5 Å². The highest BCUT2D eigenvalue weighted by Gasteiger charge is 2.29. The van der Waals surface area contributed by atoms with Gasteiger partial charge in [-0.1, -0.05) is 0 Å². The van der Waals surface area contributed by atoms with Crippen molar-refractivity contribution in [1.29, 1.82) is 0 Å².